The molecule has 0 aliphatic carbocycles. The van der Waals surface area contributed by atoms with E-state index in [0.29, 0.717) is 17.1 Å². The number of ketones is 1. The van der Waals surface area contributed by atoms with Crippen molar-refractivity contribution >= 4 is 50.6 Å². The molecule has 10 heteroatoms. The molecule has 4 aromatic rings. The Balaban J connectivity index is 1.66. The van der Waals surface area contributed by atoms with Crippen LogP contribution >= 0.6 is 27.5 Å². The van der Waals surface area contributed by atoms with E-state index in [1.165, 1.54) is 0 Å². The first kappa shape index (κ1) is 24.4. The summed E-state index contributed by atoms with van der Waals surface area (Å²) < 4.78 is 29.2. The molecular formula is C25H18BrClF2N4O2. The Hall–Kier alpha value is -3.69. The molecule has 0 aliphatic heterocycles. The van der Waals surface area contributed by atoms with Gasteiger partial charge in [-0.3, -0.25) is 9.59 Å². The predicted molar refractivity (Wildman–Crippen MR) is 135 cm³/mol. The number of aromatic amines is 1. The summed E-state index contributed by atoms with van der Waals surface area (Å²) in [7, 11) is 0. The van der Waals surface area contributed by atoms with Crippen LogP contribution in [-0.4, -0.2) is 16.7 Å². The maximum atomic E-state index is 14.2. The Morgan fingerprint density at radius 3 is 2.20 bits per heavy atom. The first-order valence-electron chi connectivity index (χ1n) is 10.3. The second-order valence-electron chi connectivity index (χ2n) is 7.58. The molecule has 0 atom stereocenters. The minimum absolute atomic E-state index is 0.147. The average Bonchev–Trinajstić information content (AvgIpc) is 3.16. The third-order valence-electron chi connectivity index (χ3n) is 5.41. The monoisotopic (exact) mass is 558 g/mol. The van der Waals surface area contributed by atoms with Crippen molar-refractivity contribution in [3.8, 4) is 11.3 Å². The van der Waals surface area contributed by atoms with Crippen LogP contribution in [0, 0.1) is 11.6 Å². The van der Waals surface area contributed by atoms with Crippen LogP contribution in [0.15, 0.2) is 65.1 Å². The molecule has 0 bridgehead atoms. The van der Waals surface area contributed by atoms with E-state index in [4.69, 9.17) is 23.1 Å². The van der Waals surface area contributed by atoms with Gasteiger partial charge in [-0.05, 0) is 42.0 Å². The number of halogens is 4. The van der Waals surface area contributed by atoms with Gasteiger partial charge >= 0.3 is 0 Å². The van der Waals surface area contributed by atoms with E-state index in [0.717, 1.165) is 33.9 Å². The van der Waals surface area contributed by atoms with E-state index in [2.05, 4.69) is 26.2 Å². The Morgan fingerprint density at radius 1 is 0.971 bits per heavy atom. The first-order valence-corrected chi connectivity index (χ1v) is 11.4. The van der Waals surface area contributed by atoms with Gasteiger partial charge in [0.2, 0.25) is 5.78 Å². The highest BCUT2D eigenvalue weighted by Crippen LogP contribution is 2.33. The first-order chi connectivity index (χ1) is 16.7. The summed E-state index contributed by atoms with van der Waals surface area (Å²) in [4.78, 5) is 27.8. The summed E-state index contributed by atoms with van der Waals surface area (Å²) in [6.07, 6.45) is 0. The zero-order chi connectivity index (χ0) is 25.3. The van der Waals surface area contributed by atoms with Crippen LogP contribution in [0.1, 0.15) is 32.0 Å². The number of carbonyl (C=O) groups excluding carboxylic acids is 2. The Kier molecular flexibility index (Phi) is 6.90. The number of rotatable bonds is 7. The van der Waals surface area contributed by atoms with E-state index >= 15 is 0 Å². The minimum atomic E-state index is -1.05. The number of nitrogens with two attached hydrogens (primary N) is 2. The van der Waals surface area contributed by atoms with Crippen LogP contribution in [0.2, 0.25) is 5.02 Å². The molecule has 0 aliphatic rings. The number of benzene rings is 3. The van der Waals surface area contributed by atoms with Gasteiger partial charge in [-0.15, -0.1) is 0 Å². The van der Waals surface area contributed by atoms with Gasteiger partial charge in [0.15, 0.2) is 0 Å². The lowest BCUT2D eigenvalue weighted by atomic mass is 10.0. The lowest BCUT2D eigenvalue weighted by Crippen LogP contribution is -2.14. The van der Waals surface area contributed by atoms with Crippen LogP contribution in [0.3, 0.4) is 0 Å². The number of anilines is 2. The number of nitrogens with one attached hydrogen (secondary N) is 2. The number of carbonyl (C=O) groups is 2. The van der Waals surface area contributed by atoms with Crippen molar-refractivity contribution in [1.82, 2.24) is 4.98 Å². The highest BCUT2D eigenvalue weighted by Gasteiger charge is 2.28. The molecule has 1 aromatic heterocycles. The van der Waals surface area contributed by atoms with Crippen molar-refractivity contribution in [2.24, 2.45) is 5.73 Å². The number of nitrogen functional groups attached to an aromatic ring is 1. The van der Waals surface area contributed by atoms with Crippen LogP contribution in [0.5, 0.6) is 0 Å². The number of amides is 1. The van der Waals surface area contributed by atoms with Gasteiger partial charge in [0.25, 0.3) is 5.91 Å². The van der Waals surface area contributed by atoms with E-state index in [1.54, 1.807) is 30.3 Å². The molecule has 3 aromatic carbocycles. The van der Waals surface area contributed by atoms with E-state index < -0.39 is 28.9 Å². The molecule has 0 fully saturated rings. The second-order valence-corrected chi connectivity index (χ2v) is 8.85. The number of aromatic nitrogens is 1. The van der Waals surface area contributed by atoms with Crippen LogP contribution < -0.4 is 16.8 Å². The predicted octanol–water partition coefficient (Wildman–Crippen LogP) is 5.90. The van der Waals surface area contributed by atoms with Crippen LogP contribution in [0.4, 0.5) is 20.2 Å². The molecule has 1 amide bonds. The van der Waals surface area contributed by atoms with Crippen molar-refractivity contribution in [2.45, 2.75) is 6.54 Å². The molecule has 0 saturated carbocycles. The standard InChI is InChI=1S/C25H18BrClF2N4O2/c26-15-3-1-4-16(27)14(15)11-32-13-9-7-12(8-10-13)22-20(25(31)35)21(30)23(33-22)24(34)19-17(28)5-2-6-18(19)29/h1-10,32-33H,11,30H2,(H2,31,35). The summed E-state index contributed by atoms with van der Waals surface area (Å²) in [6.45, 7) is 0.453. The minimum Gasteiger partial charge on any atom is -0.396 e. The molecule has 0 saturated heterocycles. The largest absolute Gasteiger partial charge is 0.396 e. The fourth-order valence-corrected chi connectivity index (χ4v) is 4.51. The van der Waals surface area contributed by atoms with Crippen molar-refractivity contribution in [1.29, 1.82) is 0 Å². The SMILES string of the molecule is NC(=O)c1c(-c2ccc(NCc3c(Cl)cccc3Br)cc2)[nH]c(C(=O)c2c(F)cccc2F)c1N. The van der Waals surface area contributed by atoms with Gasteiger partial charge in [-0.1, -0.05) is 51.8 Å². The van der Waals surface area contributed by atoms with Gasteiger partial charge in [0.05, 0.1) is 22.5 Å². The molecule has 6 nitrogen and oxygen atoms in total. The number of H-pyrrole nitrogens is 1. The van der Waals surface area contributed by atoms with Gasteiger partial charge in [0.1, 0.15) is 17.3 Å². The van der Waals surface area contributed by atoms with Crippen molar-refractivity contribution in [2.75, 3.05) is 11.1 Å². The van der Waals surface area contributed by atoms with E-state index in [-0.39, 0.29) is 22.6 Å². The van der Waals surface area contributed by atoms with Gasteiger partial charge in [0, 0.05) is 27.3 Å². The highest BCUT2D eigenvalue weighted by molar-refractivity contribution is 9.10. The van der Waals surface area contributed by atoms with E-state index in [1.807, 2.05) is 12.1 Å². The molecular weight excluding hydrogens is 542 g/mol. The maximum absolute atomic E-state index is 14.2. The lowest BCUT2D eigenvalue weighted by molar-refractivity contribution is 0.100. The summed E-state index contributed by atoms with van der Waals surface area (Å²) >= 11 is 9.72. The third-order valence-corrected chi connectivity index (χ3v) is 6.50. The Morgan fingerprint density at radius 2 is 1.60 bits per heavy atom. The zero-order valence-corrected chi connectivity index (χ0v) is 20.3. The molecule has 178 valence electrons. The topological polar surface area (TPSA) is 114 Å². The van der Waals surface area contributed by atoms with Crippen molar-refractivity contribution in [3.05, 3.63) is 104 Å². The summed E-state index contributed by atoms with van der Waals surface area (Å²) in [6, 6.07) is 15.4. The van der Waals surface area contributed by atoms with Gasteiger partial charge < -0.3 is 21.8 Å². The highest BCUT2D eigenvalue weighted by atomic mass is 79.9. The molecule has 1 heterocycles. The number of primary amides is 1. The van der Waals surface area contributed by atoms with Gasteiger partial charge in [-0.2, -0.15) is 0 Å². The number of hydrogen-bond acceptors (Lipinski definition) is 4. The van der Waals surface area contributed by atoms with Crippen LogP contribution in [0.25, 0.3) is 11.3 Å². The quantitative estimate of drug-likeness (QED) is 0.211. The summed E-state index contributed by atoms with van der Waals surface area (Å²) in [5, 5.41) is 3.86. The Bertz CT molecular complexity index is 1410. The summed E-state index contributed by atoms with van der Waals surface area (Å²) in [5.41, 5.74) is 12.3. The second kappa shape index (κ2) is 9.89. The van der Waals surface area contributed by atoms with Crippen molar-refractivity contribution in [3.63, 3.8) is 0 Å². The smallest absolute Gasteiger partial charge is 0.253 e. The lowest BCUT2D eigenvalue weighted by Gasteiger charge is -2.11. The molecule has 0 radical (unpaired) electrons. The molecule has 4 rings (SSSR count). The fourth-order valence-electron chi connectivity index (χ4n) is 3.65. The van der Waals surface area contributed by atoms with Crippen molar-refractivity contribution < 1.29 is 18.4 Å². The maximum Gasteiger partial charge on any atom is 0.253 e. The Labute approximate surface area is 212 Å². The molecule has 35 heavy (non-hydrogen) atoms. The third kappa shape index (κ3) is 4.78. The average molecular weight is 560 g/mol. The zero-order valence-electron chi connectivity index (χ0n) is 18.0. The molecule has 6 N–H and O–H groups in total. The summed E-state index contributed by atoms with van der Waals surface area (Å²) in [5.74, 6) is -4.03. The molecule has 0 unspecified atom stereocenters. The van der Waals surface area contributed by atoms with Gasteiger partial charge in [-0.25, -0.2) is 8.78 Å². The normalized spacial score (nSPS) is 10.9. The fraction of sp³-hybridized carbons (Fsp3) is 0.0400. The number of hydrogen-bond donors (Lipinski definition) is 4. The van der Waals surface area contributed by atoms with Crippen LogP contribution in [-0.2, 0) is 6.54 Å². The molecule has 0 spiro atoms. The van der Waals surface area contributed by atoms with E-state index in [9.17, 15) is 18.4 Å².